The summed E-state index contributed by atoms with van der Waals surface area (Å²) in [6, 6.07) is 0. The van der Waals surface area contributed by atoms with Crippen LogP contribution in [0.15, 0.2) is 0 Å². The van der Waals surface area contributed by atoms with Gasteiger partial charge in [-0.2, -0.15) is 9.49 Å². The summed E-state index contributed by atoms with van der Waals surface area (Å²) in [5, 5.41) is 4.04. The van der Waals surface area contributed by atoms with Crippen LogP contribution in [0.2, 0.25) is 0 Å². The monoisotopic (exact) mass is 156 g/mol. The molecule has 1 rings (SSSR count). The number of rotatable bonds is 2. The molecule has 62 valence electrons. The fourth-order valence-corrected chi connectivity index (χ4v) is 1.23. The van der Waals surface area contributed by atoms with Crippen LogP contribution in [-0.4, -0.2) is 9.78 Å². The Morgan fingerprint density at radius 1 is 1.36 bits per heavy atom. The van der Waals surface area contributed by atoms with E-state index < -0.39 is 0 Å². The maximum Gasteiger partial charge on any atom is 0.214 e. The molecule has 0 unspecified atom stereocenters. The van der Waals surface area contributed by atoms with E-state index in [1.54, 1.807) is 7.05 Å². The lowest BCUT2D eigenvalue weighted by molar-refractivity contribution is 0.495. The lowest BCUT2D eigenvalue weighted by Gasteiger charge is -1.92. The van der Waals surface area contributed by atoms with Crippen molar-refractivity contribution in [1.82, 2.24) is 9.78 Å². The molecule has 0 saturated carbocycles. The molecule has 0 spiro atoms. The first-order valence-corrected chi connectivity index (χ1v) is 3.90. The number of nitrogens with zero attached hydrogens (tertiary/aromatic N) is 2. The Labute approximate surface area is 66.0 Å². The van der Waals surface area contributed by atoms with Crippen molar-refractivity contribution in [3.8, 4) is 0 Å². The summed E-state index contributed by atoms with van der Waals surface area (Å²) in [6.07, 6.45) is 1.53. The van der Waals surface area contributed by atoms with Crippen LogP contribution in [0.4, 0.5) is 4.39 Å². The minimum Gasteiger partial charge on any atom is -0.242 e. The fraction of sp³-hybridized carbons (Fsp3) is 0.625. The molecule has 0 fully saturated rings. The first-order chi connectivity index (χ1) is 5.20. The summed E-state index contributed by atoms with van der Waals surface area (Å²) >= 11 is 0. The molecule has 0 aromatic carbocycles. The van der Waals surface area contributed by atoms with Crippen molar-refractivity contribution in [1.29, 1.82) is 0 Å². The Balaban J connectivity index is 3.15. The van der Waals surface area contributed by atoms with Gasteiger partial charge in [-0.1, -0.05) is 13.8 Å². The molecule has 0 saturated heterocycles. The Morgan fingerprint density at radius 2 is 2.00 bits per heavy atom. The summed E-state index contributed by atoms with van der Waals surface area (Å²) in [4.78, 5) is 0. The molecule has 0 atom stereocenters. The van der Waals surface area contributed by atoms with E-state index in [2.05, 4.69) is 5.10 Å². The third kappa shape index (κ3) is 1.27. The number of hydrogen-bond donors (Lipinski definition) is 0. The summed E-state index contributed by atoms with van der Waals surface area (Å²) in [5.41, 5.74) is 1.64. The zero-order valence-electron chi connectivity index (χ0n) is 7.19. The largest absolute Gasteiger partial charge is 0.242 e. The van der Waals surface area contributed by atoms with Crippen LogP contribution in [0.3, 0.4) is 0 Å². The van der Waals surface area contributed by atoms with Crippen molar-refractivity contribution in [3.05, 3.63) is 17.2 Å². The smallest absolute Gasteiger partial charge is 0.214 e. The fourth-order valence-electron chi connectivity index (χ4n) is 1.23. The third-order valence-electron chi connectivity index (χ3n) is 1.84. The molecule has 2 nitrogen and oxygen atoms in total. The van der Waals surface area contributed by atoms with Crippen molar-refractivity contribution in [2.24, 2.45) is 7.05 Å². The van der Waals surface area contributed by atoms with Gasteiger partial charge in [0.25, 0.3) is 0 Å². The van der Waals surface area contributed by atoms with E-state index in [9.17, 15) is 4.39 Å². The first-order valence-electron chi connectivity index (χ1n) is 3.90. The number of aromatic nitrogens is 2. The van der Waals surface area contributed by atoms with Gasteiger partial charge >= 0.3 is 0 Å². The molecule has 1 aromatic heterocycles. The van der Waals surface area contributed by atoms with Gasteiger partial charge in [0.2, 0.25) is 5.95 Å². The standard InChI is InChI=1S/C8H13FN2/c1-4-6-7(5-2)10-11(3)8(6)9/h4-5H2,1-3H3. The van der Waals surface area contributed by atoms with E-state index in [0.717, 1.165) is 24.1 Å². The first kappa shape index (κ1) is 8.24. The van der Waals surface area contributed by atoms with Crippen LogP contribution in [0.1, 0.15) is 25.1 Å². The van der Waals surface area contributed by atoms with E-state index in [1.807, 2.05) is 13.8 Å². The van der Waals surface area contributed by atoms with Gasteiger partial charge in [0, 0.05) is 12.6 Å². The predicted octanol–water partition coefficient (Wildman–Crippen LogP) is 1.68. The Bertz CT molecular complexity index is 253. The molecule has 3 heteroatoms. The minimum atomic E-state index is -0.190. The third-order valence-corrected chi connectivity index (χ3v) is 1.84. The molecule has 0 aliphatic rings. The van der Waals surface area contributed by atoms with Crippen LogP contribution in [-0.2, 0) is 19.9 Å². The van der Waals surface area contributed by atoms with E-state index in [4.69, 9.17) is 0 Å². The minimum absolute atomic E-state index is 0.190. The summed E-state index contributed by atoms with van der Waals surface area (Å²) < 4.78 is 14.4. The van der Waals surface area contributed by atoms with Crippen molar-refractivity contribution >= 4 is 0 Å². The molecule has 0 amide bonds. The molecule has 1 aromatic rings. The quantitative estimate of drug-likeness (QED) is 0.637. The zero-order valence-corrected chi connectivity index (χ0v) is 7.19. The Kier molecular flexibility index (Phi) is 2.27. The van der Waals surface area contributed by atoms with E-state index in [-0.39, 0.29) is 5.95 Å². The van der Waals surface area contributed by atoms with Crippen molar-refractivity contribution in [2.75, 3.05) is 0 Å². The maximum atomic E-state index is 13.1. The molecular weight excluding hydrogens is 143 g/mol. The second-order valence-corrected chi connectivity index (χ2v) is 2.55. The van der Waals surface area contributed by atoms with Crippen LogP contribution in [0, 0.1) is 5.95 Å². The van der Waals surface area contributed by atoms with Crippen molar-refractivity contribution in [3.63, 3.8) is 0 Å². The van der Waals surface area contributed by atoms with Crippen LogP contribution in [0.25, 0.3) is 0 Å². The van der Waals surface area contributed by atoms with Gasteiger partial charge in [0.1, 0.15) is 0 Å². The topological polar surface area (TPSA) is 17.8 Å². The number of hydrogen-bond acceptors (Lipinski definition) is 1. The SMILES string of the molecule is CCc1nn(C)c(F)c1CC. The van der Waals surface area contributed by atoms with Gasteiger partial charge in [0.05, 0.1) is 5.69 Å². The summed E-state index contributed by atoms with van der Waals surface area (Å²) in [7, 11) is 1.63. The molecule has 0 aliphatic heterocycles. The van der Waals surface area contributed by atoms with E-state index in [1.165, 1.54) is 4.68 Å². The molecule has 0 N–H and O–H groups in total. The van der Waals surface area contributed by atoms with E-state index >= 15 is 0 Å². The van der Waals surface area contributed by atoms with E-state index in [0.29, 0.717) is 0 Å². The molecule has 0 bridgehead atoms. The lowest BCUT2D eigenvalue weighted by Crippen LogP contribution is -1.94. The molecule has 11 heavy (non-hydrogen) atoms. The van der Waals surface area contributed by atoms with Crippen LogP contribution >= 0.6 is 0 Å². The van der Waals surface area contributed by atoms with Crippen LogP contribution in [0.5, 0.6) is 0 Å². The molecule has 1 heterocycles. The molecular formula is C8H13FN2. The van der Waals surface area contributed by atoms with Crippen molar-refractivity contribution < 1.29 is 4.39 Å². The second kappa shape index (κ2) is 3.03. The Morgan fingerprint density at radius 3 is 2.36 bits per heavy atom. The van der Waals surface area contributed by atoms with Crippen molar-refractivity contribution in [2.45, 2.75) is 26.7 Å². The highest BCUT2D eigenvalue weighted by atomic mass is 19.1. The van der Waals surface area contributed by atoms with Crippen LogP contribution < -0.4 is 0 Å². The Hall–Kier alpha value is -0.860. The zero-order chi connectivity index (χ0) is 8.43. The highest BCUT2D eigenvalue weighted by molar-refractivity contribution is 5.18. The van der Waals surface area contributed by atoms with Gasteiger partial charge in [-0.05, 0) is 12.8 Å². The number of aryl methyl sites for hydroxylation is 2. The summed E-state index contributed by atoms with van der Waals surface area (Å²) in [5.74, 6) is -0.190. The van der Waals surface area contributed by atoms with Gasteiger partial charge < -0.3 is 0 Å². The lowest BCUT2D eigenvalue weighted by atomic mass is 10.1. The molecule has 0 aliphatic carbocycles. The van der Waals surface area contributed by atoms with Gasteiger partial charge in [0.15, 0.2) is 0 Å². The highest BCUT2D eigenvalue weighted by Gasteiger charge is 2.11. The van der Waals surface area contributed by atoms with Gasteiger partial charge in [-0.15, -0.1) is 0 Å². The van der Waals surface area contributed by atoms with Gasteiger partial charge in [-0.3, -0.25) is 0 Å². The number of halogens is 1. The normalized spacial score (nSPS) is 10.5. The maximum absolute atomic E-state index is 13.1. The predicted molar refractivity (Wildman–Crippen MR) is 41.9 cm³/mol. The highest BCUT2D eigenvalue weighted by Crippen LogP contribution is 2.12. The second-order valence-electron chi connectivity index (χ2n) is 2.55. The summed E-state index contributed by atoms with van der Waals surface area (Å²) in [6.45, 7) is 3.93. The molecule has 0 radical (unpaired) electrons. The average molecular weight is 156 g/mol. The van der Waals surface area contributed by atoms with Gasteiger partial charge in [-0.25, -0.2) is 4.68 Å². The average Bonchev–Trinajstić information content (AvgIpc) is 2.28.